The van der Waals surface area contributed by atoms with Crippen LogP contribution in [-0.2, 0) is 0 Å². The van der Waals surface area contributed by atoms with Crippen LogP contribution in [0.25, 0.3) is 5.69 Å². The molecule has 0 aliphatic carbocycles. The Hall–Kier alpha value is -2.70. The molecule has 1 aromatic carbocycles. The molecule has 1 aliphatic heterocycles. The van der Waals surface area contributed by atoms with E-state index in [1.54, 1.807) is 0 Å². The highest BCUT2D eigenvalue weighted by Crippen LogP contribution is 2.41. The summed E-state index contributed by atoms with van der Waals surface area (Å²) in [6.07, 6.45) is 2.92. The third-order valence-electron chi connectivity index (χ3n) is 6.35. The summed E-state index contributed by atoms with van der Waals surface area (Å²) in [4.78, 5) is 9.27. The first-order valence-corrected chi connectivity index (χ1v) is 11.7. The molecule has 1 aliphatic rings. The zero-order valence-electron chi connectivity index (χ0n) is 19.7. The Balaban J connectivity index is 1.78. The monoisotopic (exact) mass is 447 g/mol. The van der Waals surface area contributed by atoms with Crippen molar-refractivity contribution in [2.75, 3.05) is 27.2 Å². The average molecular weight is 448 g/mol. The minimum Gasteiger partial charge on any atom is -0.352 e. The molecule has 3 heterocycles. The fourth-order valence-corrected chi connectivity index (χ4v) is 5.15. The Morgan fingerprint density at radius 3 is 2.50 bits per heavy atom. The predicted molar refractivity (Wildman–Crippen MR) is 135 cm³/mol. The second kappa shape index (κ2) is 9.43. The number of hydrogen-bond donors (Lipinski definition) is 1. The van der Waals surface area contributed by atoms with Gasteiger partial charge >= 0.3 is 0 Å². The van der Waals surface area contributed by atoms with Gasteiger partial charge in [0.25, 0.3) is 0 Å². The number of hydrogen-bond acceptors (Lipinski definition) is 3. The summed E-state index contributed by atoms with van der Waals surface area (Å²) in [5, 5.41) is 4.40. The fraction of sp³-hybridized carbons (Fsp3) is 0.385. The van der Waals surface area contributed by atoms with Gasteiger partial charge < -0.3 is 19.7 Å². The van der Waals surface area contributed by atoms with Crippen LogP contribution < -0.4 is 5.32 Å². The molecule has 0 bridgehead atoms. The lowest BCUT2D eigenvalue weighted by Crippen LogP contribution is -2.32. The topological polar surface area (TPSA) is 36.3 Å². The van der Waals surface area contributed by atoms with Crippen molar-refractivity contribution in [3.05, 3.63) is 82.9 Å². The highest BCUT2D eigenvalue weighted by atomic mass is 32.1. The van der Waals surface area contributed by atoms with Gasteiger partial charge in [0.1, 0.15) is 0 Å². The smallest absolute Gasteiger partial charge is 0.170 e. The molecule has 1 saturated heterocycles. The Bertz CT molecular complexity index is 1090. The molecule has 168 valence electrons. The number of aromatic nitrogens is 2. The molecule has 2 aromatic heterocycles. The van der Waals surface area contributed by atoms with Crippen LogP contribution in [-0.4, -0.2) is 51.6 Å². The van der Waals surface area contributed by atoms with E-state index >= 15 is 0 Å². The third kappa shape index (κ3) is 4.30. The first-order chi connectivity index (χ1) is 15.4. The molecule has 0 saturated carbocycles. The van der Waals surface area contributed by atoms with Gasteiger partial charge in [0.2, 0.25) is 0 Å². The van der Waals surface area contributed by atoms with Gasteiger partial charge in [-0.05, 0) is 95.4 Å². The standard InChI is InChI=1S/C26H33N5S/c1-18-11-6-7-13-23(18)31-19(2)17-21(20(31)3)25-24(22-12-8-9-14-27-22)28-26(32)30(25)16-10-15-29(4)5/h6-9,11-14,17,24-25H,10,15-16H2,1-5H3,(H,28,32)/t24-,25-/m0/s1. The van der Waals surface area contributed by atoms with E-state index in [0.717, 1.165) is 30.3 Å². The van der Waals surface area contributed by atoms with Crippen LogP contribution in [0.3, 0.4) is 0 Å². The third-order valence-corrected chi connectivity index (χ3v) is 6.70. The van der Waals surface area contributed by atoms with E-state index in [0.29, 0.717) is 0 Å². The van der Waals surface area contributed by atoms with Crippen LogP contribution in [0, 0.1) is 20.8 Å². The van der Waals surface area contributed by atoms with Crippen LogP contribution in [0.2, 0.25) is 0 Å². The Morgan fingerprint density at radius 1 is 1.06 bits per heavy atom. The summed E-state index contributed by atoms with van der Waals surface area (Å²) in [6.45, 7) is 8.53. The molecule has 5 nitrogen and oxygen atoms in total. The molecule has 6 heteroatoms. The van der Waals surface area contributed by atoms with Gasteiger partial charge in [0, 0.05) is 29.8 Å². The van der Waals surface area contributed by atoms with E-state index in [9.17, 15) is 0 Å². The van der Waals surface area contributed by atoms with Crippen LogP contribution in [0.15, 0.2) is 54.7 Å². The van der Waals surface area contributed by atoms with Gasteiger partial charge in [-0.2, -0.15) is 0 Å². The number of thiocarbonyl (C=S) groups is 1. The first kappa shape index (κ1) is 22.5. The van der Waals surface area contributed by atoms with Gasteiger partial charge in [0.05, 0.1) is 17.8 Å². The maximum Gasteiger partial charge on any atom is 0.170 e. The molecule has 1 N–H and O–H groups in total. The van der Waals surface area contributed by atoms with Gasteiger partial charge in [-0.25, -0.2) is 0 Å². The number of benzene rings is 1. The number of nitrogens with one attached hydrogen (secondary N) is 1. The lowest BCUT2D eigenvalue weighted by Gasteiger charge is -2.28. The summed E-state index contributed by atoms with van der Waals surface area (Å²) in [7, 11) is 4.23. The lowest BCUT2D eigenvalue weighted by molar-refractivity contribution is 0.292. The minimum absolute atomic E-state index is 0.0221. The molecule has 1 fully saturated rings. The summed E-state index contributed by atoms with van der Waals surface area (Å²) in [6, 6.07) is 17.1. The van der Waals surface area contributed by atoms with Crippen LogP contribution in [0.5, 0.6) is 0 Å². The molecule has 0 radical (unpaired) electrons. The van der Waals surface area contributed by atoms with E-state index in [2.05, 4.69) is 102 Å². The van der Waals surface area contributed by atoms with Crippen molar-refractivity contribution in [3.63, 3.8) is 0 Å². The van der Waals surface area contributed by atoms with E-state index in [-0.39, 0.29) is 12.1 Å². The van der Waals surface area contributed by atoms with Crippen molar-refractivity contribution in [2.45, 2.75) is 39.3 Å². The van der Waals surface area contributed by atoms with Crippen LogP contribution >= 0.6 is 12.2 Å². The van der Waals surface area contributed by atoms with Crippen LogP contribution in [0.1, 0.15) is 46.7 Å². The summed E-state index contributed by atoms with van der Waals surface area (Å²) in [5.41, 5.74) is 7.32. The fourth-order valence-electron chi connectivity index (χ4n) is 4.81. The Morgan fingerprint density at radius 2 is 1.81 bits per heavy atom. The predicted octanol–water partition coefficient (Wildman–Crippen LogP) is 4.72. The number of pyridine rings is 1. The normalized spacial score (nSPS) is 18.4. The van der Waals surface area contributed by atoms with Crippen molar-refractivity contribution in [1.82, 2.24) is 24.7 Å². The van der Waals surface area contributed by atoms with Gasteiger partial charge in [-0.1, -0.05) is 24.3 Å². The maximum atomic E-state index is 5.84. The number of aryl methyl sites for hydroxylation is 2. The quantitative estimate of drug-likeness (QED) is 0.530. The van der Waals surface area contributed by atoms with Gasteiger partial charge in [-0.15, -0.1) is 0 Å². The maximum absolute atomic E-state index is 5.84. The molecular formula is C26H33N5S. The summed E-state index contributed by atoms with van der Waals surface area (Å²) in [5.74, 6) is 0. The average Bonchev–Trinajstić information content (AvgIpc) is 3.24. The molecule has 0 spiro atoms. The largest absolute Gasteiger partial charge is 0.352 e. The number of nitrogens with zero attached hydrogens (tertiary/aromatic N) is 4. The summed E-state index contributed by atoms with van der Waals surface area (Å²) < 4.78 is 2.37. The minimum atomic E-state index is 0.0221. The molecule has 0 unspecified atom stereocenters. The second-order valence-electron chi connectivity index (χ2n) is 8.93. The van der Waals surface area contributed by atoms with Crippen molar-refractivity contribution < 1.29 is 0 Å². The second-order valence-corrected chi connectivity index (χ2v) is 9.31. The van der Waals surface area contributed by atoms with Gasteiger partial charge in [0.15, 0.2) is 5.11 Å². The Labute approximate surface area is 197 Å². The van der Waals surface area contributed by atoms with Gasteiger partial charge in [-0.3, -0.25) is 4.98 Å². The lowest BCUT2D eigenvalue weighted by atomic mass is 9.96. The first-order valence-electron chi connectivity index (χ1n) is 11.3. The van der Waals surface area contributed by atoms with E-state index in [4.69, 9.17) is 12.2 Å². The number of rotatable bonds is 7. The van der Waals surface area contributed by atoms with Crippen molar-refractivity contribution in [3.8, 4) is 5.69 Å². The highest BCUT2D eigenvalue weighted by Gasteiger charge is 2.41. The van der Waals surface area contributed by atoms with E-state index < -0.39 is 0 Å². The SMILES string of the molecule is Cc1ccccc1-n1c(C)cc([C@H]2[C@H](c3ccccn3)NC(=S)N2CCCN(C)C)c1C. The van der Waals surface area contributed by atoms with E-state index in [1.165, 1.54) is 28.2 Å². The molecule has 0 amide bonds. The highest BCUT2D eigenvalue weighted by molar-refractivity contribution is 7.80. The Kier molecular flexibility index (Phi) is 6.63. The molecule has 3 aromatic rings. The van der Waals surface area contributed by atoms with E-state index in [1.807, 2.05) is 12.3 Å². The zero-order valence-corrected chi connectivity index (χ0v) is 20.5. The molecular weight excluding hydrogens is 414 g/mol. The van der Waals surface area contributed by atoms with Crippen LogP contribution in [0.4, 0.5) is 0 Å². The van der Waals surface area contributed by atoms with Crippen molar-refractivity contribution in [1.29, 1.82) is 0 Å². The molecule has 4 rings (SSSR count). The van der Waals surface area contributed by atoms with Crippen molar-refractivity contribution >= 4 is 17.3 Å². The molecule has 32 heavy (non-hydrogen) atoms. The molecule has 2 atom stereocenters. The zero-order chi connectivity index (χ0) is 22.8. The summed E-state index contributed by atoms with van der Waals surface area (Å²) >= 11 is 5.84. The van der Waals surface area contributed by atoms with Crippen molar-refractivity contribution in [2.24, 2.45) is 0 Å². The number of para-hydroxylation sites is 1.